The molecule has 1 N–H and O–H groups in total. The number of aryl methyl sites for hydroxylation is 1. The standard InChI is InChI=1S/C12H19ClN4O/c1-3-17-12(18)11(13)10(8-14-17)15-9-4-6-16(2)7-5-9/h8-9,15H,3-7H2,1-2H3. The monoisotopic (exact) mass is 270 g/mol. The van der Waals surface area contributed by atoms with Gasteiger partial charge in [0, 0.05) is 12.6 Å². The predicted octanol–water partition coefficient (Wildman–Crippen LogP) is 1.42. The van der Waals surface area contributed by atoms with E-state index >= 15 is 0 Å². The molecule has 1 fully saturated rings. The molecule has 0 amide bonds. The molecule has 1 aromatic rings. The van der Waals surface area contributed by atoms with Crippen LogP contribution in [-0.4, -0.2) is 40.9 Å². The van der Waals surface area contributed by atoms with E-state index in [1.54, 1.807) is 6.20 Å². The Hall–Kier alpha value is -1.07. The van der Waals surface area contributed by atoms with E-state index in [1.165, 1.54) is 4.68 Å². The van der Waals surface area contributed by atoms with Gasteiger partial charge >= 0.3 is 0 Å². The number of likely N-dealkylation sites (tertiary alicyclic amines) is 1. The number of nitrogens with zero attached hydrogens (tertiary/aromatic N) is 3. The van der Waals surface area contributed by atoms with Crippen molar-refractivity contribution in [2.45, 2.75) is 32.4 Å². The molecule has 0 aromatic carbocycles. The van der Waals surface area contributed by atoms with Crippen LogP contribution in [0.2, 0.25) is 5.02 Å². The Bertz CT molecular complexity index is 466. The number of hydrogen-bond acceptors (Lipinski definition) is 4. The van der Waals surface area contributed by atoms with Crippen molar-refractivity contribution >= 4 is 17.3 Å². The first-order valence-corrected chi connectivity index (χ1v) is 6.70. The molecule has 0 atom stereocenters. The molecule has 0 spiro atoms. The lowest BCUT2D eigenvalue weighted by Gasteiger charge is -2.30. The molecule has 1 aliphatic heterocycles. The van der Waals surface area contributed by atoms with Crippen LogP contribution in [0.1, 0.15) is 19.8 Å². The van der Waals surface area contributed by atoms with Crippen LogP contribution in [0.15, 0.2) is 11.0 Å². The third-order valence-electron chi connectivity index (χ3n) is 3.36. The molecule has 0 saturated carbocycles. The van der Waals surface area contributed by atoms with E-state index in [0.29, 0.717) is 18.3 Å². The number of aromatic nitrogens is 2. The van der Waals surface area contributed by atoms with Gasteiger partial charge in [-0.25, -0.2) is 4.68 Å². The molecule has 2 rings (SSSR count). The summed E-state index contributed by atoms with van der Waals surface area (Å²) in [5.41, 5.74) is 0.429. The normalized spacial score (nSPS) is 17.9. The first-order chi connectivity index (χ1) is 8.61. The highest BCUT2D eigenvalue weighted by molar-refractivity contribution is 6.32. The molecule has 1 saturated heterocycles. The number of anilines is 1. The average Bonchev–Trinajstić information content (AvgIpc) is 2.38. The van der Waals surface area contributed by atoms with Gasteiger partial charge < -0.3 is 10.2 Å². The lowest BCUT2D eigenvalue weighted by atomic mass is 10.1. The predicted molar refractivity (Wildman–Crippen MR) is 73.3 cm³/mol. The summed E-state index contributed by atoms with van der Waals surface area (Å²) in [5.74, 6) is 0. The Morgan fingerprint density at radius 1 is 1.50 bits per heavy atom. The molecule has 1 aromatic heterocycles. The van der Waals surface area contributed by atoms with Crippen LogP contribution in [0.25, 0.3) is 0 Å². The SMILES string of the molecule is CCn1ncc(NC2CCN(C)CC2)c(Cl)c1=O. The lowest BCUT2D eigenvalue weighted by Crippen LogP contribution is -2.37. The Labute approximate surface area is 112 Å². The fourth-order valence-corrected chi connectivity index (χ4v) is 2.36. The van der Waals surface area contributed by atoms with Gasteiger partial charge in [0.2, 0.25) is 0 Å². The third-order valence-corrected chi connectivity index (χ3v) is 3.73. The van der Waals surface area contributed by atoms with Crippen molar-refractivity contribution in [1.29, 1.82) is 0 Å². The Balaban J connectivity index is 2.10. The van der Waals surface area contributed by atoms with Crippen molar-refractivity contribution < 1.29 is 0 Å². The van der Waals surface area contributed by atoms with Crippen molar-refractivity contribution in [2.75, 3.05) is 25.5 Å². The fourth-order valence-electron chi connectivity index (χ4n) is 2.16. The van der Waals surface area contributed by atoms with Gasteiger partial charge in [-0.15, -0.1) is 0 Å². The van der Waals surface area contributed by atoms with Crippen LogP contribution in [0.3, 0.4) is 0 Å². The Morgan fingerprint density at radius 3 is 2.78 bits per heavy atom. The summed E-state index contributed by atoms with van der Waals surface area (Å²) in [6, 6.07) is 0.373. The van der Waals surface area contributed by atoms with Crippen molar-refractivity contribution in [3.05, 3.63) is 21.6 Å². The van der Waals surface area contributed by atoms with E-state index in [2.05, 4.69) is 22.4 Å². The molecule has 0 unspecified atom stereocenters. The quantitative estimate of drug-likeness (QED) is 0.903. The van der Waals surface area contributed by atoms with Gasteiger partial charge in [-0.1, -0.05) is 11.6 Å². The molecule has 18 heavy (non-hydrogen) atoms. The van der Waals surface area contributed by atoms with Crippen LogP contribution in [0.5, 0.6) is 0 Å². The van der Waals surface area contributed by atoms with E-state index in [9.17, 15) is 4.79 Å². The van der Waals surface area contributed by atoms with Gasteiger partial charge in [-0.2, -0.15) is 5.10 Å². The summed E-state index contributed by atoms with van der Waals surface area (Å²) in [6.07, 6.45) is 3.76. The minimum atomic E-state index is -0.225. The second kappa shape index (κ2) is 5.71. The first kappa shape index (κ1) is 13.4. The van der Waals surface area contributed by atoms with E-state index < -0.39 is 0 Å². The van der Waals surface area contributed by atoms with E-state index in [4.69, 9.17) is 11.6 Å². The third kappa shape index (κ3) is 2.84. The van der Waals surface area contributed by atoms with E-state index in [0.717, 1.165) is 25.9 Å². The molecular formula is C12H19ClN4O. The Morgan fingerprint density at radius 2 is 2.17 bits per heavy atom. The first-order valence-electron chi connectivity index (χ1n) is 6.32. The second-order valence-electron chi connectivity index (χ2n) is 4.72. The lowest BCUT2D eigenvalue weighted by molar-refractivity contribution is 0.264. The largest absolute Gasteiger partial charge is 0.380 e. The smallest absolute Gasteiger partial charge is 0.287 e. The van der Waals surface area contributed by atoms with Gasteiger partial charge in [-0.3, -0.25) is 4.79 Å². The number of hydrogen-bond donors (Lipinski definition) is 1. The Kier molecular flexibility index (Phi) is 4.24. The number of halogens is 1. The molecule has 1 aliphatic rings. The van der Waals surface area contributed by atoms with Crippen LogP contribution < -0.4 is 10.9 Å². The number of piperidine rings is 1. The summed E-state index contributed by atoms with van der Waals surface area (Å²) >= 11 is 6.08. The summed E-state index contributed by atoms with van der Waals surface area (Å²) in [4.78, 5) is 14.1. The van der Waals surface area contributed by atoms with E-state index in [1.807, 2.05) is 6.92 Å². The van der Waals surface area contributed by atoms with Crippen LogP contribution >= 0.6 is 11.6 Å². The van der Waals surface area contributed by atoms with Crippen molar-refractivity contribution in [3.63, 3.8) is 0 Å². The summed E-state index contributed by atoms with van der Waals surface area (Å²) in [7, 11) is 2.12. The zero-order valence-electron chi connectivity index (χ0n) is 10.8. The maximum atomic E-state index is 11.8. The minimum Gasteiger partial charge on any atom is -0.380 e. The maximum absolute atomic E-state index is 11.8. The molecule has 6 heteroatoms. The highest BCUT2D eigenvalue weighted by Gasteiger charge is 2.18. The van der Waals surface area contributed by atoms with Gasteiger partial charge in [0.1, 0.15) is 5.02 Å². The zero-order valence-corrected chi connectivity index (χ0v) is 11.6. The van der Waals surface area contributed by atoms with Gasteiger partial charge in [0.25, 0.3) is 5.56 Å². The van der Waals surface area contributed by atoms with Gasteiger partial charge in [0.15, 0.2) is 0 Å². The van der Waals surface area contributed by atoms with Crippen molar-refractivity contribution in [3.8, 4) is 0 Å². The highest BCUT2D eigenvalue weighted by Crippen LogP contribution is 2.20. The van der Waals surface area contributed by atoms with E-state index in [-0.39, 0.29) is 10.6 Å². The molecule has 0 radical (unpaired) electrons. The average molecular weight is 271 g/mol. The molecular weight excluding hydrogens is 252 g/mol. The summed E-state index contributed by atoms with van der Waals surface area (Å²) in [6.45, 7) is 4.53. The molecule has 2 heterocycles. The number of nitrogens with one attached hydrogen (secondary N) is 1. The summed E-state index contributed by atoms with van der Waals surface area (Å²) < 4.78 is 1.36. The van der Waals surface area contributed by atoms with Crippen LogP contribution in [0.4, 0.5) is 5.69 Å². The minimum absolute atomic E-state index is 0.225. The van der Waals surface area contributed by atoms with Gasteiger partial charge in [-0.05, 0) is 39.9 Å². The highest BCUT2D eigenvalue weighted by atomic mass is 35.5. The zero-order chi connectivity index (χ0) is 13.1. The molecule has 0 aliphatic carbocycles. The van der Waals surface area contributed by atoms with Crippen molar-refractivity contribution in [1.82, 2.24) is 14.7 Å². The van der Waals surface area contributed by atoms with Crippen LogP contribution in [0, 0.1) is 0 Å². The summed E-state index contributed by atoms with van der Waals surface area (Å²) in [5, 5.41) is 7.65. The van der Waals surface area contributed by atoms with Crippen molar-refractivity contribution in [2.24, 2.45) is 0 Å². The fraction of sp³-hybridized carbons (Fsp3) is 0.667. The van der Waals surface area contributed by atoms with Gasteiger partial charge in [0.05, 0.1) is 11.9 Å². The molecule has 5 nitrogen and oxygen atoms in total. The topological polar surface area (TPSA) is 50.2 Å². The molecule has 100 valence electrons. The second-order valence-corrected chi connectivity index (χ2v) is 5.09. The number of rotatable bonds is 3. The molecule has 0 bridgehead atoms. The van der Waals surface area contributed by atoms with Crippen LogP contribution in [-0.2, 0) is 6.54 Å². The maximum Gasteiger partial charge on any atom is 0.287 e.